The lowest BCUT2D eigenvalue weighted by atomic mass is 10.3. The zero-order valence-electron chi connectivity index (χ0n) is 14.4. The number of carbonyl (C=O) groups excluding carboxylic acids is 1. The zero-order chi connectivity index (χ0) is 18.2. The minimum Gasteiger partial charge on any atom is -0.486 e. The van der Waals surface area contributed by atoms with Crippen LogP contribution in [0.2, 0.25) is 5.02 Å². The van der Waals surface area contributed by atoms with E-state index in [4.69, 9.17) is 21.1 Å². The minimum atomic E-state index is -0.00581. The summed E-state index contributed by atoms with van der Waals surface area (Å²) in [6.45, 7) is 5.28. The Hall–Kier alpha value is -1.67. The molecule has 2 aromatic rings. The summed E-state index contributed by atoms with van der Waals surface area (Å²) in [4.78, 5) is 18.8. The molecular formula is C18H22ClN3O3S. The molecule has 1 N–H and O–H groups in total. The van der Waals surface area contributed by atoms with E-state index in [1.54, 1.807) is 12.1 Å². The third-order valence-corrected chi connectivity index (χ3v) is 5.09. The molecule has 0 spiro atoms. The Morgan fingerprint density at radius 3 is 2.85 bits per heavy atom. The van der Waals surface area contributed by atoms with E-state index in [9.17, 15) is 4.79 Å². The van der Waals surface area contributed by atoms with Crippen LogP contribution in [-0.2, 0) is 22.6 Å². The fraction of sp³-hybridized carbons (Fsp3) is 0.444. The first-order valence-corrected chi connectivity index (χ1v) is 9.83. The van der Waals surface area contributed by atoms with E-state index >= 15 is 0 Å². The van der Waals surface area contributed by atoms with Gasteiger partial charge in [-0.2, -0.15) is 0 Å². The van der Waals surface area contributed by atoms with Gasteiger partial charge in [0.2, 0.25) is 5.91 Å². The summed E-state index contributed by atoms with van der Waals surface area (Å²) in [5.74, 6) is 0.737. The first kappa shape index (κ1) is 19.1. The molecular weight excluding hydrogens is 374 g/mol. The van der Waals surface area contributed by atoms with Crippen molar-refractivity contribution in [2.45, 2.75) is 13.0 Å². The standard InChI is InChI=1S/C18H22ClN3O3S/c19-14-1-3-16(4-2-14)25-12-18-21-15(13-26-18)11-17(23)20-5-6-22-7-9-24-10-8-22/h1-4,13H,5-12H2,(H,20,23). The van der Waals surface area contributed by atoms with Gasteiger partial charge in [-0.05, 0) is 24.3 Å². The summed E-state index contributed by atoms with van der Waals surface area (Å²) < 4.78 is 11.0. The van der Waals surface area contributed by atoms with Gasteiger partial charge in [0.25, 0.3) is 0 Å². The van der Waals surface area contributed by atoms with Crippen LogP contribution in [-0.4, -0.2) is 55.2 Å². The van der Waals surface area contributed by atoms with Gasteiger partial charge in [0.1, 0.15) is 17.4 Å². The number of carbonyl (C=O) groups is 1. The Bertz CT molecular complexity index is 702. The van der Waals surface area contributed by atoms with E-state index in [-0.39, 0.29) is 5.91 Å². The number of aromatic nitrogens is 1. The second-order valence-electron chi connectivity index (χ2n) is 5.96. The highest BCUT2D eigenvalue weighted by Crippen LogP contribution is 2.18. The molecule has 6 nitrogen and oxygen atoms in total. The largest absolute Gasteiger partial charge is 0.486 e. The van der Waals surface area contributed by atoms with Crippen LogP contribution in [0.4, 0.5) is 0 Å². The fourth-order valence-electron chi connectivity index (χ4n) is 2.58. The molecule has 1 aromatic carbocycles. The van der Waals surface area contributed by atoms with E-state index < -0.39 is 0 Å². The van der Waals surface area contributed by atoms with Crippen LogP contribution in [0, 0.1) is 0 Å². The molecule has 1 saturated heterocycles. The molecule has 0 aliphatic carbocycles. The summed E-state index contributed by atoms with van der Waals surface area (Å²) in [5, 5.41) is 6.37. The maximum atomic E-state index is 12.0. The van der Waals surface area contributed by atoms with E-state index in [0.717, 1.165) is 49.3 Å². The lowest BCUT2D eigenvalue weighted by molar-refractivity contribution is -0.120. The van der Waals surface area contributed by atoms with Crippen molar-refractivity contribution in [1.82, 2.24) is 15.2 Å². The maximum absolute atomic E-state index is 12.0. The third kappa shape index (κ3) is 6.25. The highest BCUT2D eigenvalue weighted by Gasteiger charge is 2.11. The van der Waals surface area contributed by atoms with Crippen LogP contribution in [0.3, 0.4) is 0 Å². The van der Waals surface area contributed by atoms with Gasteiger partial charge < -0.3 is 14.8 Å². The van der Waals surface area contributed by atoms with Crippen molar-refractivity contribution in [3.8, 4) is 5.75 Å². The van der Waals surface area contributed by atoms with Gasteiger partial charge in [0.05, 0.1) is 25.3 Å². The quantitative estimate of drug-likeness (QED) is 0.743. The fourth-order valence-corrected chi connectivity index (χ4v) is 3.41. The van der Waals surface area contributed by atoms with Gasteiger partial charge in [-0.25, -0.2) is 4.98 Å². The van der Waals surface area contributed by atoms with Crippen LogP contribution in [0.5, 0.6) is 5.75 Å². The Labute approximate surface area is 162 Å². The smallest absolute Gasteiger partial charge is 0.226 e. The number of benzene rings is 1. The molecule has 0 unspecified atom stereocenters. The van der Waals surface area contributed by atoms with Crippen molar-refractivity contribution >= 4 is 28.8 Å². The molecule has 1 fully saturated rings. The number of thiazole rings is 1. The molecule has 2 heterocycles. The van der Waals surface area contributed by atoms with Gasteiger partial charge in [0.15, 0.2) is 0 Å². The summed E-state index contributed by atoms with van der Waals surface area (Å²) in [5.41, 5.74) is 0.772. The number of ether oxygens (including phenoxy) is 2. The van der Waals surface area contributed by atoms with Gasteiger partial charge in [-0.1, -0.05) is 11.6 Å². The summed E-state index contributed by atoms with van der Waals surface area (Å²) in [7, 11) is 0. The van der Waals surface area contributed by atoms with Crippen LogP contribution in [0.15, 0.2) is 29.6 Å². The summed E-state index contributed by atoms with van der Waals surface area (Å²) >= 11 is 7.35. The van der Waals surface area contributed by atoms with Gasteiger partial charge in [-0.3, -0.25) is 9.69 Å². The molecule has 3 rings (SSSR count). The SMILES string of the molecule is O=C(Cc1csc(COc2ccc(Cl)cc2)n1)NCCN1CCOCC1. The van der Waals surface area contributed by atoms with Gasteiger partial charge in [-0.15, -0.1) is 11.3 Å². The van der Waals surface area contributed by atoms with Crippen molar-refractivity contribution in [2.24, 2.45) is 0 Å². The van der Waals surface area contributed by atoms with E-state index in [0.29, 0.717) is 24.6 Å². The molecule has 1 aliphatic heterocycles. The maximum Gasteiger partial charge on any atom is 0.226 e. The normalized spacial score (nSPS) is 15.0. The minimum absolute atomic E-state index is 0.00581. The number of halogens is 1. The predicted molar refractivity (Wildman–Crippen MR) is 102 cm³/mol. The highest BCUT2D eigenvalue weighted by atomic mass is 35.5. The molecule has 0 radical (unpaired) electrons. The first-order valence-electron chi connectivity index (χ1n) is 8.57. The molecule has 8 heteroatoms. The lowest BCUT2D eigenvalue weighted by Crippen LogP contribution is -2.41. The second-order valence-corrected chi connectivity index (χ2v) is 7.34. The first-order chi connectivity index (χ1) is 12.7. The molecule has 140 valence electrons. The molecule has 1 aromatic heterocycles. The summed E-state index contributed by atoms with van der Waals surface area (Å²) in [6.07, 6.45) is 0.292. The molecule has 0 atom stereocenters. The Morgan fingerprint density at radius 2 is 2.08 bits per heavy atom. The van der Waals surface area contributed by atoms with Crippen LogP contribution in [0.25, 0.3) is 0 Å². The van der Waals surface area contributed by atoms with Crippen molar-refractivity contribution in [1.29, 1.82) is 0 Å². The van der Waals surface area contributed by atoms with Gasteiger partial charge in [0, 0.05) is 36.6 Å². The van der Waals surface area contributed by atoms with Crippen LogP contribution in [0.1, 0.15) is 10.7 Å². The zero-order valence-corrected chi connectivity index (χ0v) is 16.0. The number of rotatable bonds is 8. The van der Waals surface area contributed by atoms with E-state index in [1.165, 1.54) is 11.3 Å². The Balaban J connectivity index is 1.37. The molecule has 1 amide bonds. The molecule has 0 bridgehead atoms. The number of hydrogen-bond donors (Lipinski definition) is 1. The Kier molecular flexibility index (Phi) is 7.25. The van der Waals surface area contributed by atoms with Crippen LogP contribution >= 0.6 is 22.9 Å². The van der Waals surface area contributed by atoms with Crippen molar-refractivity contribution in [3.63, 3.8) is 0 Å². The number of morpholine rings is 1. The Morgan fingerprint density at radius 1 is 1.31 bits per heavy atom. The van der Waals surface area contributed by atoms with Crippen molar-refractivity contribution in [2.75, 3.05) is 39.4 Å². The van der Waals surface area contributed by atoms with Gasteiger partial charge >= 0.3 is 0 Å². The average molecular weight is 396 g/mol. The van der Waals surface area contributed by atoms with Crippen molar-refractivity contribution < 1.29 is 14.3 Å². The highest BCUT2D eigenvalue weighted by molar-refractivity contribution is 7.09. The number of amides is 1. The van der Waals surface area contributed by atoms with Crippen LogP contribution < -0.4 is 10.1 Å². The monoisotopic (exact) mass is 395 g/mol. The number of nitrogens with one attached hydrogen (secondary N) is 1. The number of hydrogen-bond acceptors (Lipinski definition) is 6. The third-order valence-electron chi connectivity index (χ3n) is 3.97. The topological polar surface area (TPSA) is 63.7 Å². The lowest BCUT2D eigenvalue weighted by Gasteiger charge is -2.26. The second kappa shape index (κ2) is 9.87. The van der Waals surface area contributed by atoms with Crippen molar-refractivity contribution in [3.05, 3.63) is 45.4 Å². The summed E-state index contributed by atoms with van der Waals surface area (Å²) in [6, 6.07) is 7.20. The molecule has 26 heavy (non-hydrogen) atoms. The number of nitrogens with zero attached hydrogens (tertiary/aromatic N) is 2. The van der Waals surface area contributed by atoms with E-state index in [1.807, 2.05) is 17.5 Å². The average Bonchev–Trinajstić information content (AvgIpc) is 3.09. The molecule has 0 saturated carbocycles. The van der Waals surface area contributed by atoms with E-state index in [2.05, 4.69) is 15.2 Å². The molecule has 1 aliphatic rings. The predicted octanol–water partition coefficient (Wildman–Crippen LogP) is 2.37.